The van der Waals surface area contributed by atoms with E-state index in [2.05, 4.69) is 11.6 Å². The number of nitrogens with one attached hydrogen (secondary N) is 1. The molecule has 1 rings (SSSR count). The molecule has 0 aromatic rings. The average Bonchev–Trinajstić information content (AvgIpc) is 2.39. The number of hydrogen-bond acceptors (Lipinski definition) is 4. The minimum Gasteiger partial charge on any atom is -0.314 e. The molecule has 4 nitrogen and oxygen atoms in total. The Labute approximate surface area is 116 Å². The number of piperidine rings is 1. The summed E-state index contributed by atoms with van der Waals surface area (Å²) in [5, 5.41) is 3.54. The van der Waals surface area contributed by atoms with Crippen molar-refractivity contribution in [3.8, 4) is 0 Å². The van der Waals surface area contributed by atoms with Crippen molar-refractivity contribution in [1.29, 1.82) is 0 Å². The maximum atomic E-state index is 11.7. The molecule has 18 heavy (non-hydrogen) atoms. The second-order valence-corrected chi connectivity index (χ2v) is 7.97. The average molecular weight is 294 g/mol. The summed E-state index contributed by atoms with van der Waals surface area (Å²) >= 11 is 1.89. The molecule has 0 aromatic heterocycles. The van der Waals surface area contributed by atoms with E-state index in [9.17, 15) is 8.42 Å². The maximum absolute atomic E-state index is 11.7. The van der Waals surface area contributed by atoms with Crippen LogP contribution in [0.25, 0.3) is 0 Å². The topological polar surface area (TPSA) is 49.4 Å². The molecule has 1 N–H and O–H groups in total. The summed E-state index contributed by atoms with van der Waals surface area (Å²) < 4.78 is 25.0. The molecule has 1 aliphatic rings. The zero-order valence-electron chi connectivity index (χ0n) is 11.5. The van der Waals surface area contributed by atoms with Crippen LogP contribution in [-0.2, 0) is 10.0 Å². The van der Waals surface area contributed by atoms with Crippen LogP contribution in [0.2, 0.25) is 0 Å². The van der Waals surface area contributed by atoms with Gasteiger partial charge in [0.15, 0.2) is 0 Å². The van der Waals surface area contributed by atoms with E-state index >= 15 is 0 Å². The van der Waals surface area contributed by atoms with Crippen LogP contribution < -0.4 is 5.32 Å². The quantitative estimate of drug-likeness (QED) is 0.690. The second-order valence-electron chi connectivity index (χ2n) is 4.73. The molecule has 0 aliphatic carbocycles. The van der Waals surface area contributed by atoms with Gasteiger partial charge in [0.25, 0.3) is 0 Å². The van der Waals surface area contributed by atoms with E-state index in [1.165, 1.54) is 18.6 Å². The predicted octanol–water partition coefficient (Wildman–Crippen LogP) is 1.53. The number of sulfonamides is 1. The van der Waals surface area contributed by atoms with Gasteiger partial charge in [0, 0.05) is 19.1 Å². The monoisotopic (exact) mass is 294 g/mol. The molecule has 1 heterocycles. The number of thioether (sulfide) groups is 1. The van der Waals surface area contributed by atoms with Crippen molar-refractivity contribution in [3.63, 3.8) is 0 Å². The molecule has 0 aromatic carbocycles. The molecule has 6 heteroatoms. The summed E-state index contributed by atoms with van der Waals surface area (Å²) in [6, 6.07) is 0.502. The highest BCUT2D eigenvalue weighted by atomic mass is 32.2. The lowest BCUT2D eigenvalue weighted by molar-refractivity contribution is 0.289. The highest BCUT2D eigenvalue weighted by Gasteiger charge is 2.26. The minimum absolute atomic E-state index is 0.222. The number of rotatable bonds is 8. The van der Waals surface area contributed by atoms with Gasteiger partial charge >= 0.3 is 0 Å². The van der Waals surface area contributed by atoms with E-state index in [0.717, 1.165) is 19.4 Å². The first-order valence-electron chi connectivity index (χ1n) is 6.80. The predicted molar refractivity (Wildman–Crippen MR) is 79.7 cm³/mol. The van der Waals surface area contributed by atoms with E-state index in [0.29, 0.717) is 19.1 Å². The third-order valence-corrected chi connectivity index (χ3v) is 6.00. The van der Waals surface area contributed by atoms with Crippen LogP contribution in [-0.4, -0.2) is 56.2 Å². The highest BCUT2D eigenvalue weighted by molar-refractivity contribution is 7.98. The molecule has 1 aliphatic heterocycles. The summed E-state index contributed by atoms with van der Waals surface area (Å²) in [5.74, 6) is 1.45. The lowest BCUT2D eigenvalue weighted by Crippen LogP contribution is -2.45. The van der Waals surface area contributed by atoms with Gasteiger partial charge in [-0.2, -0.15) is 11.8 Å². The lowest BCUT2D eigenvalue weighted by atomic mass is 10.1. The van der Waals surface area contributed by atoms with Gasteiger partial charge in [-0.05, 0) is 51.2 Å². The van der Waals surface area contributed by atoms with Gasteiger partial charge in [-0.15, -0.1) is 0 Å². The molecule has 0 spiro atoms. The van der Waals surface area contributed by atoms with Gasteiger partial charge in [-0.1, -0.05) is 0 Å². The Bertz CT molecular complexity index is 312. The first kappa shape index (κ1) is 16.3. The van der Waals surface area contributed by atoms with Crippen molar-refractivity contribution in [2.45, 2.75) is 38.6 Å². The molecule has 0 radical (unpaired) electrons. The summed E-state index contributed by atoms with van der Waals surface area (Å²) in [7, 11) is -2.97. The van der Waals surface area contributed by atoms with E-state index < -0.39 is 10.0 Å². The van der Waals surface area contributed by atoms with Gasteiger partial charge in [-0.25, -0.2) is 12.7 Å². The molecule has 0 bridgehead atoms. The Morgan fingerprint density at radius 3 is 2.50 bits per heavy atom. The Balaban J connectivity index is 2.16. The molecular weight excluding hydrogens is 268 g/mol. The SMILES string of the molecule is CCS(=O)(=O)N1CCC(NCCCCSC)CC1. The molecule has 108 valence electrons. The minimum atomic E-state index is -2.97. The van der Waals surface area contributed by atoms with Crippen molar-refractivity contribution >= 4 is 21.8 Å². The van der Waals surface area contributed by atoms with Crippen LogP contribution in [0.5, 0.6) is 0 Å². The van der Waals surface area contributed by atoms with Gasteiger partial charge < -0.3 is 5.32 Å². The van der Waals surface area contributed by atoms with Crippen LogP contribution in [0.1, 0.15) is 32.6 Å². The van der Waals surface area contributed by atoms with Crippen LogP contribution in [0.4, 0.5) is 0 Å². The lowest BCUT2D eigenvalue weighted by Gasteiger charge is -2.31. The Morgan fingerprint density at radius 1 is 1.28 bits per heavy atom. The van der Waals surface area contributed by atoms with Crippen LogP contribution in [0, 0.1) is 0 Å². The third-order valence-electron chi connectivity index (χ3n) is 3.42. The zero-order chi connectivity index (χ0) is 13.4. The molecule has 1 fully saturated rings. The zero-order valence-corrected chi connectivity index (χ0v) is 13.2. The molecule has 0 amide bonds. The molecule has 0 saturated carbocycles. The summed E-state index contributed by atoms with van der Waals surface area (Å²) in [6.07, 6.45) is 6.51. The largest absolute Gasteiger partial charge is 0.314 e. The number of nitrogens with zero attached hydrogens (tertiary/aromatic N) is 1. The normalized spacial score (nSPS) is 19.2. The standard InChI is InChI=1S/C12H26N2O2S2/c1-3-18(15,16)14-9-6-12(7-10-14)13-8-4-5-11-17-2/h12-13H,3-11H2,1-2H3. The molecule has 0 unspecified atom stereocenters. The summed E-state index contributed by atoms with van der Waals surface area (Å²) in [6.45, 7) is 4.13. The smallest absolute Gasteiger partial charge is 0.213 e. The van der Waals surface area contributed by atoms with Crippen molar-refractivity contribution in [2.24, 2.45) is 0 Å². The van der Waals surface area contributed by atoms with E-state index in [1.54, 1.807) is 11.2 Å². The molecular formula is C12H26N2O2S2. The summed E-state index contributed by atoms with van der Waals surface area (Å²) in [4.78, 5) is 0. The highest BCUT2D eigenvalue weighted by Crippen LogP contribution is 2.14. The fraction of sp³-hybridized carbons (Fsp3) is 1.00. The van der Waals surface area contributed by atoms with E-state index in [-0.39, 0.29) is 5.75 Å². The van der Waals surface area contributed by atoms with E-state index in [4.69, 9.17) is 0 Å². The number of hydrogen-bond donors (Lipinski definition) is 1. The fourth-order valence-corrected chi connectivity index (χ4v) is 3.82. The Morgan fingerprint density at radius 2 is 1.94 bits per heavy atom. The molecule has 0 atom stereocenters. The Kier molecular flexibility index (Phi) is 7.60. The first-order chi connectivity index (χ1) is 8.60. The maximum Gasteiger partial charge on any atom is 0.213 e. The van der Waals surface area contributed by atoms with Crippen LogP contribution in [0.3, 0.4) is 0 Å². The van der Waals surface area contributed by atoms with Crippen molar-refractivity contribution in [2.75, 3.05) is 37.4 Å². The number of unbranched alkanes of at least 4 members (excludes halogenated alkanes) is 1. The van der Waals surface area contributed by atoms with Gasteiger partial charge in [0.2, 0.25) is 10.0 Å². The third kappa shape index (κ3) is 5.47. The van der Waals surface area contributed by atoms with Gasteiger partial charge in [0.1, 0.15) is 0 Å². The van der Waals surface area contributed by atoms with Crippen molar-refractivity contribution < 1.29 is 8.42 Å². The fourth-order valence-electron chi connectivity index (χ4n) is 2.20. The van der Waals surface area contributed by atoms with Crippen LogP contribution >= 0.6 is 11.8 Å². The van der Waals surface area contributed by atoms with Crippen molar-refractivity contribution in [3.05, 3.63) is 0 Å². The summed E-state index contributed by atoms with van der Waals surface area (Å²) in [5.41, 5.74) is 0. The molecule has 1 saturated heterocycles. The first-order valence-corrected chi connectivity index (χ1v) is 9.80. The van der Waals surface area contributed by atoms with Crippen molar-refractivity contribution in [1.82, 2.24) is 9.62 Å². The van der Waals surface area contributed by atoms with E-state index in [1.807, 2.05) is 11.8 Å². The second kappa shape index (κ2) is 8.40. The van der Waals surface area contributed by atoms with Crippen LogP contribution in [0.15, 0.2) is 0 Å². The van der Waals surface area contributed by atoms with Gasteiger partial charge in [0.05, 0.1) is 5.75 Å². The van der Waals surface area contributed by atoms with Gasteiger partial charge in [-0.3, -0.25) is 0 Å². The Hall–Kier alpha value is 0.220.